The van der Waals surface area contributed by atoms with Crippen molar-refractivity contribution in [1.29, 1.82) is 0 Å². The summed E-state index contributed by atoms with van der Waals surface area (Å²) < 4.78 is 31.6. The Morgan fingerprint density at radius 2 is 2.14 bits per heavy atom. The van der Waals surface area contributed by atoms with E-state index in [9.17, 15) is 13.2 Å². The lowest BCUT2D eigenvalue weighted by Gasteiger charge is -2.11. The summed E-state index contributed by atoms with van der Waals surface area (Å²) >= 11 is 0. The minimum absolute atomic E-state index is 0.0510. The van der Waals surface area contributed by atoms with Crippen LogP contribution in [0.25, 0.3) is 0 Å². The monoisotopic (exact) mass is 314 g/mol. The Bertz CT molecular complexity index is 629. The lowest BCUT2D eigenvalue weighted by Crippen LogP contribution is -2.27. The van der Waals surface area contributed by atoms with Crippen LogP contribution in [0, 0.1) is 0 Å². The molecule has 1 aromatic rings. The maximum Gasteiger partial charge on any atom is 0.240 e. The van der Waals surface area contributed by atoms with Crippen molar-refractivity contribution in [3.8, 4) is 0 Å². The molecule has 116 valence electrons. The number of likely N-dealkylation sites (N-methyl/N-ethyl adjacent to an activating group) is 1. The van der Waals surface area contributed by atoms with Crippen LogP contribution in [0.1, 0.15) is 5.56 Å². The van der Waals surface area contributed by atoms with E-state index in [1.54, 1.807) is 13.1 Å². The van der Waals surface area contributed by atoms with Crippen LogP contribution >= 0.6 is 0 Å². The second-order valence-electron chi connectivity index (χ2n) is 4.65. The molecule has 0 aromatic heterocycles. The molecule has 0 saturated heterocycles. The molecule has 2 N–H and O–H groups in total. The minimum Gasteiger partial charge on any atom is -0.394 e. The standard InChI is InChI=1S/C13H18N2O5S/c1-15-12-3-2-11(8-10(12)9-13(15)17)21(18,19)14-4-6-20-7-5-16/h2-3,8,14,16H,4-7,9H2,1H3. The van der Waals surface area contributed by atoms with Crippen LogP contribution in [0.3, 0.4) is 0 Å². The topological polar surface area (TPSA) is 95.9 Å². The first-order valence-electron chi connectivity index (χ1n) is 6.53. The predicted molar refractivity (Wildman–Crippen MR) is 76.6 cm³/mol. The smallest absolute Gasteiger partial charge is 0.240 e. The highest BCUT2D eigenvalue weighted by Crippen LogP contribution is 2.29. The van der Waals surface area contributed by atoms with Crippen molar-refractivity contribution in [3.63, 3.8) is 0 Å². The van der Waals surface area contributed by atoms with E-state index in [4.69, 9.17) is 9.84 Å². The number of rotatable bonds is 7. The van der Waals surface area contributed by atoms with Crippen molar-refractivity contribution in [2.24, 2.45) is 0 Å². The van der Waals surface area contributed by atoms with Gasteiger partial charge in [0.1, 0.15) is 0 Å². The molecule has 8 heteroatoms. The Morgan fingerprint density at radius 3 is 2.86 bits per heavy atom. The first-order chi connectivity index (χ1) is 9.95. The van der Waals surface area contributed by atoms with Gasteiger partial charge in [-0.1, -0.05) is 0 Å². The van der Waals surface area contributed by atoms with Gasteiger partial charge in [0.25, 0.3) is 0 Å². The van der Waals surface area contributed by atoms with Gasteiger partial charge in [-0.05, 0) is 23.8 Å². The number of carbonyl (C=O) groups is 1. The van der Waals surface area contributed by atoms with E-state index in [1.165, 1.54) is 17.0 Å². The zero-order valence-corrected chi connectivity index (χ0v) is 12.5. The molecule has 0 saturated carbocycles. The van der Waals surface area contributed by atoms with Gasteiger partial charge in [-0.2, -0.15) is 0 Å². The van der Waals surface area contributed by atoms with E-state index in [2.05, 4.69) is 4.72 Å². The number of aliphatic hydroxyl groups excluding tert-OH is 1. The molecule has 1 aliphatic heterocycles. The summed E-state index contributed by atoms with van der Waals surface area (Å²) in [4.78, 5) is 13.2. The first-order valence-corrected chi connectivity index (χ1v) is 8.02. The zero-order valence-electron chi connectivity index (χ0n) is 11.7. The van der Waals surface area contributed by atoms with E-state index in [0.717, 1.165) is 5.69 Å². The molecule has 1 heterocycles. The van der Waals surface area contributed by atoms with Crippen LogP contribution in [-0.4, -0.2) is 52.8 Å². The molecule has 0 unspecified atom stereocenters. The van der Waals surface area contributed by atoms with Gasteiger partial charge in [-0.15, -0.1) is 0 Å². The van der Waals surface area contributed by atoms with Crippen LogP contribution in [0.5, 0.6) is 0 Å². The van der Waals surface area contributed by atoms with E-state index in [-0.39, 0.29) is 43.6 Å². The third kappa shape index (κ3) is 3.59. The summed E-state index contributed by atoms with van der Waals surface area (Å²) in [5.74, 6) is -0.0510. The fraction of sp³-hybridized carbons (Fsp3) is 0.462. The summed E-state index contributed by atoms with van der Waals surface area (Å²) in [6.45, 7) is 0.387. The number of anilines is 1. The molecule has 2 rings (SSSR count). The van der Waals surface area contributed by atoms with Gasteiger partial charge in [-0.25, -0.2) is 13.1 Å². The number of sulfonamides is 1. The largest absolute Gasteiger partial charge is 0.394 e. The molecule has 0 radical (unpaired) electrons. The molecule has 21 heavy (non-hydrogen) atoms. The van der Waals surface area contributed by atoms with Gasteiger partial charge in [0.15, 0.2) is 0 Å². The lowest BCUT2D eigenvalue weighted by atomic mass is 10.2. The van der Waals surface area contributed by atoms with Crippen molar-refractivity contribution in [1.82, 2.24) is 4.72 Å². The number of amides is 1. The molecule has 1 aliphatic rings. The molecule has 0 fully saturated rings. The van der Waals surface area contributed by atoms with Gasteiger partial charge in [0, 0.05) is 19.3 Å². The molecule has 0 spiro atoms. The summed E-state index contributed by atoms with van der Waals surface area (Å²) in [6.07, 6.45) is 0.217. The van der Waals surface area contributed by atoms with Crippen molar-refractivity contribution in [3.05, 3.63) is 23.8 Å². The number of fused-ring (bicyclic) bond motifs is 1. The van der Waals surface area contributed by atoms with Gasteiger partial charge in [0.05, 0.1) is 31.1 Å². The van der Waals surface area contributed by atoms with Crippen molar-refractivity contribution >= 4 is 21.6 Å². The fourth-order valence-corrected chi connectivity index (χ4v) is 3.18. The summed E-state index contributed by atoms with van der Waals surface area (Å²) in [6, 6.07) is 4.63. The highest BCUT2D eigenvalue weighted by Gasteiger charge is 2.26. The molecular formula is C13H18N2O5S. The van der Waals surface area contributed by atoms with Gasteiger partial charge in [-0.3, -0.25) is 4.79 Å². The highest BCUT2D eigenvalue weighted by atomic mass is 32.2. The average Bonchev–Trinajstić information content (AvgIpc) is 2.73. The summed E-state index contributed by atoms with van der Waals surface area (Å²) in [7, 11) is -1.96. The van der Waals surface area contributed by atoms with Crippen LogP contribution in [0.2, 0.25) is 0 Å². The van der Waals surface area contributed by atoms with Gasteiger partial charge >= 0.3 is 0 Å². The number of aliphatic hydroxyl groups is 1. The first kappa shape index (κ1) is 15.9. The number of hydrogen-bond donors (Lipinski definition) is 2. The van der Waals surface area contributed by atoms with Crippen molar-refractivity contribution in [2.45, 2.75) is 11.3 Å². The Hall–Kier alpha value is -1.48. The van der Waals surface area contributed by atoms with Crippen LogP contribution in [0.15, 0.2) is 23.1 Å². The minimum atomic E-state index is -3.63. The zero-order chi connectivity index (χ0) is 15.5. The number of nitrogens with zero attached hydrogens (tertiary/aromatic N) is 1. The number of nitrogens with one attached hydrogen (secondary N) is 1. The Kier molecular flexibility index (Phi) is 4.94. The van der Waals surface area contributed by atoms with Gasteiger partial charge < -0.3 is 14.7 Å². The van der Waals surface area contributed by atoms with Crippen LogP contribution < -0.4 is 9.62 Å². The number of benzene rings is 1. The molecule has 1 amide bonds. The quantitative estimate of drug-likeness (QED) is 0.661. The maximum absolute atomic E-state index is 12.1. The van der Waals surface area contributed by atoms with Crippen molar-refractivity contribution in [2.75, 3.05) is 38.3 Å². The number of ether oxygens (including phenoxy) is 1. The van der Waals surface area contributed by atoms with E-state index < -0.39 is 10.0 Å². The van der Waals surface area contributed by atoms with Crippen molar-refractivity contribution < 1.29 is 23.1 Å². The summed E-state index contributed by atoms with van der Waals surface area (Å²) in [5.41, 5.74) is 1.45. The number of carbonyl (C=O) groups excluding carboxylic acids is 1. The Labute approximate surface area is 123 Å². The van der Waals surface area contributed by atoms with Gasteiger partial charge in [0.2, 0.25) is 15.9 Å². The number of hydrogen-bond acceptors (Lipinski definition) is 5. The van der Waals surface area contributed by atoms with E-state index in [0.29, 0.717) is 5.56 Å². The third-order valence-corrected chi connectivity index (χ3v) is 4.67. The SMILES string of the molecule is CN1C(=O)Cc2cc(S(=O)(=O)NCCOCCO)ccc21. The second kappa shape index (κ2) is 6.52. The fourth-order valence-electron chi connectivity index (χ4n) is 2.11. The molecule has 0 atom stereocenters. The normalized spacial score (nSPS) is 14.6. The highest BCUT2D eigenvalue weighted by molar-refractivity contribution is 7.89. The Balaban J connectivity index is 2.05. The molecular weight excluding hydrogens is 296 g/mol. The average molecular weight is 314 g/mol. The third-order valence-electron chi connectivity index (χ3n) is 3.21. The van der Waals surface area contributed by atoms with Crippen LogP contribution in [-0.2, 0) is 26.0 Å². The summed E-state index contributed by atoms with van der Waals surface area (Å²) in [5, 5.41) is 8.54. The molecule has 1 aromatic carbocycles. The maximum atomic E-state index is 12.1. The Morgan fingerprint density at radius 1 is 1.38 bits per heavy atom. The second-order valence-corrected chi connectivity index (χ2v) is 6.42. The molecule has 0 aliphatic carbocycles. The molecule has 0 bridgehead atoms. The van der Waals surface area contributed by atoms with E-state index >= 15 is 0 Å². The van der Waals surface area contributed by atoms with Crippen LogP contribution in [0.4, 0.5) is 5.69 Å². The lowest BCUT2D eigenvalue weighted by molar-refractivity contribution is -0.117. The predicted octanol–water partition coefficient (Wildman–Crippen LogP) is -0.507. The van der Waals surface area contributed by atoms with E-state index in [1.807, 2.05) is 0 Å². The molecule has 7 nitrogen and oxygen atoms in total.